The molecule has 2 atom stereocenters. The van der Waals surface area contributed by atoms with Crippen LogP contribution in [0.2, 0.25) is 0 Å². The highest BCUT2D eigenvalue weighted by Gasteiger charge is 2.39. The molecule has 0 bridgehead atoms. The third-order valence-corrected chi connectivity index (χ3v) is 6.86. The number of halogens is 7. The number of amidine groups is 1. The number of nitrogens with two attached hydrogens (primary N) is 1. The van der Waals surface area contributed by atoms with Gasteiger partial charge in [-0.3, -0.25) is 19.9 Å². The van der Waals surface area contributed by atoms with Crippen LogP contribution in [0.25, 0.3) is 0 Å². The maximum absolute atomic E-state index is 14.2. The van der Waals surface area contributed by atoms with Crippen molar-refractivity contribution in [2.24, 2.45) is 5.73 Å². The van der Waals surface area contributed by atoms with Gasteiger partial charge in [0.25, 0.3) is 0 Å². The van der Waals surface area contributed by atoms with Gasteiger partial charge in [0.05, 0.1) is 12.5 Å². The lowest BCUT2D eigenvalue weighted by molar-refractivity contribution is -0.193. The van der Waals surface area contributed by atoms with Crippen LogP contribution >= 0.6 is 11.3 Å². The maximum atomic E-state index is 14.2. The number of hydrogen-bond acceptors (Lipinski definition) is 10. The smallest absolute Gasteiger partial charge is 0.481 e. The topological polar surface area (TPSA) is 258 Å². The first-order valence-electron chi connectivity index (χ1n) is 13.0. The van der Waals surface area contributed by atoms with Crippen LogP contribution in [0.4, 0.5) is 30.7 Å². The second kappa shape index (κ2) is 17.7. The molecule has 270 valence electrons. The second-order valence-corrected chi connectivity index (χ2v) is 10.6. The van der Waals surface area contributed by atoms with Crippen molar-refractivity contribution in [1.82, 2.24) is 10.2 Å². The van der Waals surface area contributed by atoms with Crippen LogP contribution < -0.4 is 15.8 Å². The Morgan fingerprint density at radius 3 is 1.98 bits per heavy atom. The van der Waals surface area contributed by atoms with Gasteiger partial charge in [0, 0.05) is 17.0 Å². The lowest BCUT2D eigenvalue weighted by atomic mass is 10.1. The fraction of sp³-hybridized carbons (Fsp3) is 0.346. The number of thiophene rings is 1. The van der Waals surface area contributed by atoms with Crippen molar-refractivity contribution in [2.45, 2.75) is 50.2 Å². The van der Waals surface area contributed by atoms with E-state index in [-0.39, 0.29) is 22.0 Å². The van der Waals surface area contributed by atoms with E-state index in [1.54, 1.807) is 6.07 Å². The predicted octanol–water partition coefficient (Wildman–Crippen LogP) is 2.67. The molecule has 1 amide bonds. The number of esters is 1. The number of amides is 1. The molecule has 1 fully saturated rings. The number of carbonyl (C=O) groups is 6. The van der Waals surface area contributed by atoms with Gasteiger partial charge in [-0.1, -0.05) is 0 Å². The van der Waals surface area contributed by atoms with Gasteiger partial charge in [-0.25, -0.2) is 23.6 Å². The summed E-state index contributed by atoms with van der Waals surface area (Å²) in [5.41, 5.74) is 5.47. The summed E-state index contributed by atoms with van der Waals surface area (Å²) in [4.78, 5) is 67.7. The Kier molecular flexibility index (Phi) is 15.1. The number of hydrogen-bond donors (Lipinski definition) is 7. The molecule has 1 aromatic carbocycles. The van der Waals surface area contributed by atoms with Crippen molar-refractivity contribution < 1.29 is 84.7 Å². The van der Waals surface area contributed by atoms with Gasteiger partial charge < -0.3 is 36.2 Å². The first-order valence-corrected chi connectivity index (χ1v) is 13.8. The van der Waals surface area contributed by atoms with Crippen molar-refractivity contribution in [3.05, 3.63) is 51.5 Å². The Morgan fingerprint density at radius 2 is 1.53 bits per heavy atom. The number of benzene rings is 1. The summed E-state index contributed by atoms with van der Waals surface area (Å²) >= 11 is 1.11. The van der Waals surface area contributed by atoms with Gasteiger partial charge in [-0.2, -0.15) is 26.3 Å². The number of carbonyl (C=O) groups excluding carboxylic acids is 2. The van der Waals surface area contributed by atoms with Gasteiger partial charge in [0.15, 0.2) is 11.6 Å². The first-order chi connectivity index (χ1) is 22.4. The van der Waals surface area contributed by atoms with E-state index >= 15 is 0 Å². The van der Waals surface area contributed by atoms with E-state index in [1.807, 2.05) is 4.90 Å². The minimum absolute atomic E-state index is 0.155. The van der Waals surface area contributed by atoms with E-state index in [0.717, 1.165) is 22.3 Å². The summed E-state index contributed by atoms with van der Waals surface area (Å²) in [6, 6.07) is 4.58. The average molecular weight is 735 g/mol. The number of rotatable bonds is 10. The maximum Gasteiger partial charge on any atom is 0.490 e. The number of carboxylic acid groups (broad SMARTS) is 4. The summed E-state index contributed by atoms with van der Waals surface area (Å²) in [5, 5.41) is 41.9. The molecule has 0 radical (unpaired) electrons. The Bertz CT molecular complexity index is 1540. The van der Waals surface area contributed by atoms with Crippen LogP contribution in [0.3, 0.4) is 0 Å². The highest BCUT2D eigenvalue weighted by molar-refractivity contribution is 7.13. The molecule has 0 spiro atoms. The van der Waals surface area contributed by atoms with Crippen LogP contribution in [0.1, 0.15) is 39.4 Å². The number of ether oxygens (including phenoxy) is 1. The molecule has 23 heteroatoms. The predicted molar refractivity (Wildman–Crippen MR) is 149 cm³/mol. The zero-order valence-electron chi connectivity index (χ0n) is 24.3. The molecule has 2 aromatic rings. The standard InChI is InChI=1S/C22H23FN4O7S.2C2HF3O2/c23-13-8-11(19(24)25)3-5-16(13)34-22(33)17-6-4-12(35-17)10-27-7-1-2-15(27)20(30)26-14(21(31)32)9-18(28)29;2*3-2(4,5)1(6)7/h3-6,8,14-15H,1-2,7,9-10H2,(H3,24,25)(H,26,30)(H,28,29)(H,31,32);2*(H,6,7). The van der Waals surface area contributed by atoms with Crippen LogP contribution in [0.5, 0.6) is 5.75 Å². The van der Waals surface area contributed by atoms with E-state index in [0.29, 0.717) is 25.9 Å². The Balaban J connectivity index is 0.000000717. The third-order valence-electron chi connectivity index (χ3n) is 5.81. The van der Waals surface area contributed by atoms with E-state index in [4.69, 9.17) is 45.9 Å². The molecule has 8 N–H and O–H groups in total. The van der Waals surface area contributed by atoms with Crippen LogP contribution in [-0.4, -0.2) is 97.9 Å². The Labute approximate surface area is 273 Å². The van der Waals surface area contributed by atoms with Crippen molar-refractivity contribution in [3.63, 3.8) is 0 Å². The normalized spacial score (nSPS) is 15.0. The largest absolute Gasteiger partial charge is 0.490 e. The van der Waals surface area contributed by atoms with E-state index in [9.17, 15) is 49.9 Å². The summed E-state index contributed by atoms with van der Waals surface area (Å²) < 4.78 is 82.7. The fourth-order valence-corrected chi connectivity index (χ4v) is 4.54. The molecule has 2 heterocycles. The molecule has 2 unspecified atom stereocenters. The molecule has 1 aliphatic heterocycles. The van der Waals surface area contributed by atoms with Gasteiger partial charge in [0.1, 0.15) is 16.8 Å². The number of carboxylic acids is 4. The number of nitrogens with zero attached hydrogens (tertiary/aromatic N) is 1. The average Bonchev–Trinajstić information content (AvgIpc) is 3.63. The minimum atomic E-state index is -5.08. The van der Waals surface area contributed by atoms with Crippen LogP contribution in [0.15, 0.2) is 30.3 Å². The summed E-state index contributed by atoms with van der Waals surface area (Å²) in [5.74, 6) is -11.1. The van der Waals surface area contributed by atoms with Gasteiger partial charge in [0.2, 0.25) is 5.91 Å². The lowest BCUT2D eigenvalue weighted by Gasteiger charge is -2.24. The van der Waals surface area contributed by atoms with E-state index in [1.165, 1.54) is 18.2 Å². The monoisotopic (exact) mass is 734 g/mol. The molecule has 3 rings (SSSR count). The summed E-state index contributed by atoms with van der Waals surface area (Å²) in [7, 11) is 0. The number of aliphatic carboxylic acids is 4. The molecule has 1 aliphatic rings. The second-order valence-electron chi connectivity index (χ2n) is 9.45. The molecular weight excluding hydrogens is 709 g/mol. The number of nitrogen functional groups attached to an aromatic ring is 1. The molecular formula is C26H25F7N4O11S. The highest BCUT2D eigenvalue weighted by atomic mass is 32.1. The summed E-state index contributed by atoms with van der Waals surface area (Å²) in [6.45, 7) is 0.856. The Morgan fingerprint density at radius 1 is 0.980 bits per heavy atom. The first kappa shape index (κ1) is 41.7. The van der Waals surface area contributed by atoms with Crippen molar-refractivity contribution in [1.29, 1.82) is 5.41 Å². The number of nitrogens with one attached hydrogen (secondary N) is 2. The highest BCUT2D eigenvalue weighted by Crippen LogP contribution is 2.26. The zero-order valence-corrected chi connectivity index (χ0v) is 25.1. The van der Waals surface area contributed by atoms with Crippen LogP contribution in [0, 0.1) is 11.2 Å². The van der Waals surface area contributed by atoms with Gasteiger partial charge in [-0.05, 0) is 49.7 Å². The number of likely N-dealkylation sites (tertiary alicyclic amines) is 1. The third kappa shape index (κ3) is 14.1. The van der Waals surface area contributed by atoms with E-state index < -0.39 is 72.4 Å². The van der Waals surface area contributed by atoms with Crippen molar-refractivity contribution >= 4 is 52.9 Å². The van der Waals surface area contributed by atoms with Gasteiger partial charge >= 0.3 is 42.2 Å². The quantitative estimate of drug-likeness (QED) is 0.0610. The van der Waals surface area contributed by atoms with Crippen LogP contribution in [-0.2, 0) is 30.5 Å². The van der Waals surface area contributed by atoms with Crippen molar-refractivity contribution in [3.8, 4) is 5.75 Å². The van der Waals surface area contributed by atoms with Crippen molar-refractivity contribution in [2.75, 3.05) is 6.54 Å². The molecule has 15 nitrogen and oxygen atoms in total. The van der Waals surface area contributed by atoms with E-state index in [2.05, 4.69) is 5.32 Å². The fourth-order valence-electron chi connectivity index (χ4n) is 3.63. The van der Waals surface area contributed by atoms with Gasteiger partial charge in [-0.15, -0.1) is 11.3 Å². The zero-order chi connectivity index (χ0) is 37.9. The SMILES string of the molecule is N=C(N)c1ccc(OC(=O)c2ccc(CN3CCCC3C(=O)NC(CC(=O)O)C(=O)O)s2)c(F)c1.O=C(O)C(F)(F)F.O=C(O)C(F)(F)F. The molecule has 1 aromatic heterocycles. The molecule has 1 saturated heterocycles. The minimum Gasteiger partial charge on any atom is -0.481 e. The molecule has 0 aliphatic carbocycles. The lowest BCUT2D eigenvalue weighted by Crippen LogP contribution is -2.49. The Hall–Kier alpha value is -5.32. The number of alkyl halides is 6. The summed E-state index contributed by atoms with van der Waals surface area (Å²) in [6.07, 6.45) is -9.74. The molecule has 0 saturated carbocycles. The molecule has 49 heavy (non-hydrogen) atoms.